The number of amides is 1. The molecule has 9 heteroatoms. The molecule has 0 radical (unpaired) electrons. The molecule has 1 unspecified atom stereocenters. The lowest BCUT2D eigenvalue weighted by molar-refractivity contribution is 0.102. The van der Waals surface area contributed by atoms with Crippen molar-refractivity contribution in [1.29, 1.82) is 0 Å². The maximum absolute atomic E-state index is 12.3. The van der Waals surface area contributed by atoms with E-state index in [0.29, 0.717) is 28.1 Å². The van der Waals surface area contributed by atoms with Gasteiger partial charge in [0.1, 0.15) is 16.7 Å². The summed E-state index contributed by atoms with van der Waals surface area (Å²) in [6, 6.07) is 11.2. The number of anilines is 1. The second kappa shape index (κ2) is 7.40. The molecule has 2 heterocycles. The number of carbonyl (C=O) groups is 1. The van der Waals surface area contributed by atoms with Gasteiger partial charge in [0.05, 0.1) is 16.1 Å². The van der Waals surface area contributed by atoms with Crippen LogP contribution in [-0.2, 0) is 11.0 Å². The molecule has 1 atom stereocenters. The molecule has 1 aromatic carbocycles. The zero-order valence-electron chi connectivity index (χ0n) is 13.6. The van der Waals surface area contributed by atoms with Crippen LogP contribution >= 0.6 is 11.3 Å². The van der Waals surface area contributed by atoms with E-state index in [1.807, 2.05) is 24.3 Å². The summed E-state index contributed by atoms with van der Waals surface area (Å²) in [4.78, 5) is 16.6. The van der Waals surface area contributed by atoms with Gasteiger partial charge < -0.3 is 5.32 Å². The van der Waals surface area contributed by atoms with Crippen molar-refractivity contribution in [2.45, 2.75) is 23.8 Å². The number of carbonyl (C=O) groups excluding carboxylic acids is 1. The lowest BCUT2D eigenvalue weighted by atomic mass is 10.1. The Hall–Kier alpha value is -2.49. The molecule has 1 amide bonds. The predicted molar refractivity (Wildman–Crippen MR) is 100 cm³/mol. The molecule has 132 valence electrons. The van der Waals surface area contributed by atoms with E-state index in [1.165, 1.54) is 11.3 Å². The number of rotatable bonds is 6. The SMILES string of the molecule is O=C(Nc1ccc(-c2cccc(S(=O)NC3CC3)c2)nn1)c1cscn1. The normalized spacial score (nSPS) is 14.8. The Morgan fingerprint density at radius 1 is 1.19 bits per heavy atom. The Bertz CT molecular complexity index is 940. The van der Waals surface area contributed by atoms with Crippen molar-refractivity contribution in [1.82, 2.24) is 19.9 Å². The fourth-order valence-corrected chi connectivity index (χ4v) is 3.89. The van der Waals surface area contributed by atoms with Crippen molar-refractivity contribution in [2.24, 2.45) is 0 Å². The number of hydrogen-bond acceptors (Lipinski definition) is 6. The minimum Gasteiger partial charge on any atom is -0.304 e. The second-order valence-corrected chi connectivity index (χ2v) is 7.78. The molecular formula is C17H15N5O2S2. The van der Waals surface area contributed by atoms with Gasteiger partial charge in [-0.2, -0.15) is 0 Å². The van der Waals surface area contributed by atoms with Crippen molar-refractivity contribution in [2.75, 3.05) is 5.32 Å². The standard InChI is InChI=1S/C17H15N5O2S2/c23-17(15-9-25-10-18-15)19-16-7-6-14(20-21-16)11-2-1-3-13(8-11)26(24)22-12-4-5-12/h1-3,6-10,12,22H,4-5H2,(H,19,21,23). The van der Waals surface area contributed by atoms with Gasteiger partial charge in [0.15, 0.2) is 5.82 Å². The van der Waals surface area contributed by atoms with Gasteiger partial charge in [-0.3, -0.25) is 4.79 Å². The van der Waals surface area contributed by atoms with Crippen LogP contribution < -0.4 is 10.0 Å². The van der Waals surface area contributed by atoms with Crippen LogP contribution in [0.15, 0.2) is 52.2 Å². The predicted octanol–water partition coefficient (Wildman–Crippen LogP) is 2.63. The minimum absolute atomic E-state index is 0.322. The highest BCUT2D eigenvalue weighted by Crippen LogP contribution is 2.23. The molecular weight excluding hydrogens is 370 g/mol. The highest BCUT2D eigenvalue weighted by atomic mass is 32.2. The van der Waals surface area contributed by atoms with Gasteiger partial charge >= 0.3 is 0 Å². The van der Waals surface area contributed by atoms with Gasteiger partial charge in [-0.25, -0.2) is 13.9 Å². The van der Waals surface area contributed by atoms with Crippen LogP contribution in [0.5, 0.6) is 0 Å². The molecule has 1 aliphatic carbocycles. The summed E-state index contributed by atoms with van der Waals surface area (Å²) in [5.41, 5.74) is 3.40. The lowest BCUT2D eigenvalue weighted by Crippen LogP contribution is -2.19. The van der Waals surface area contributed by atoms with E-state index in [4.69, 9.17) is 0 Å². The average Bonchev–Trinajstić information content (AvgIpc) is 3.31. The van der Waals surface area contributed by atoms with Crippen LogP contribution in [0, 0.1) is 0 Å². The van der Waals surface area contributed by atoms with Gasteiger partial charge in [-0.1, -0.05) is 12.1 Å². The summed E-state index contributed by atoms with van der Waals surface area (Å²) in [5, 5.41) is 12.5. The second-order valence-electron chi connectivity index (χ2n) is 5.82. The number of aromatic nitrogens is 3. The number of nitrogens with zero attached hydrogens (tertiary/aromatic N) is 3. The zero-order chi connectivity index (χ0) is 17.9. The molecule has 2 N–H and O–H groups in total. The molecule has 1 aliphatic rings. The van der Waals surface area contributed by atoms with Gasteiger partial charge in [0.2, 0.25) is 0 Å². The fourth-order valence-electron chi connectivity index (χ4n) is 2.25. The van der Waals surface area contributed by atoms with Crippen molar-refractivity contribution in [3.05, 3.63) is 53.0 Å². The van der Waals surface area contributed by atoms with E-state index >= 15 is 0 Å². The Morgan fingerprint density at radius 2 is 2.08 bits per heavy atom. The highest BCUT2D eigenvalue weighted by Gasteiger charge is 2.23. The van der Waals surface area contributed by atoms with Gasteiger partial charge in [0.25, 0.3) is 5.91 Å². The molecule has 26 heavy (non-hydrogen) atoms. The lowest BCUT2D eigenvalue weighted by Gasteiger charge is -2.06. The summed E-state index contributed by atoms with van der Waals surface area (Å²) >= 11 is 1.35. The van der Waals surface area contributed by atoms with E-state index in [2.05, 4.69) is 25.2 Å². The van der Waals surface area contributed by atoms with Gasteiger partial charge in [0, 0.05) is 17.0 Å². The Morgan fingerprint density at radius 3 is 2.77 bits per heavy atom. The van der Waals surface area contributed by atoms with E-state index in [9.17, 15) is 9.00 Å². The highest BCUT2D eigenvalue weighted by molar-refractivity contribution is 7.83. The number of nitrogens with one attached hydrogen (secondary N) is 2. The molecule has 0 aliphatic heterocycles. The first-order valence-corrected chi connectivity index (χ1v) is 10.1. The average molecular weight is 385 g/mol. The third kappa shape index (κ3) is 4.01. The van der Waals surface area contributed by atoms with Crippen molar-refractivity contribution in [3.8, 4) is 11.3 Å². The maximum atomic E-state index is 12.3. The number of hydrogen-bond donors (Lipinski definition) is 2. The third-order valence-corrected chi connectivity index (χ3v) is 5.58. The van der Waals surface area contributed by atoms with Crippen molar-refractivity contribution >= 4 is 34.0 Å². The summed E-state index contributed by atoms with van der Waals surface area (Å²) < 4.78 is 15.4. The monoisotopic (exact) mass is 385 g/mol. The summed E-state index contributed by atoms with van der Waals surface area (Å²) in [6.07, 6.45) is 2.15. The molecule has 0 saturated heterocycles. The van der Waals surface area contributed by atoms with Gasteiger partial charge in [-0.05, 0) is 37.1 Å². The van der Waals surface area contributed by atoms with E-state index in [0.717, 1.165) is 18.4 Å². The largest absolute Gasteiger partial charge is 0.304 e. The van der Waals surface area contributed by atoms with Crippen LogP contribution in [0.1, 0.15) is 23.3 Å². The molecule has 0 bridgehead atoms. The first kappa shape index (κ1) is 17.0. The number of thiazole rings is 1. The van der Waals surface area contributed by atoms with Crippen molar-refractivity contribution < 1.29 is 9.00 Å². The van der Waals surface area contributed by atoms with Crippen LogP contribution in [0.3, 0.4) is 0 Å². The molecule has 1 saturated carbocycles. The zero-order valence-corrected chi connectivity index (χ0v) is 15.2. The quantitative estimate of drug-likeness (QED) is 0.680. The Labute approximate surface area is 156 Å². The summed E-state index contributed by atoms with van der Waals surface area (Å²) in [7, 11) is -1.23. The molecule has 7 nitrogen and oxygen atoms in total. The molecule has 0 spiro atoms. The van der Waals surface area contributed by atoms with Crippen molar-refractivity contribution in [3.63, 3.8) is 0 Å². The smallest absolute Gasteiger partial charge is 0.276 e. The summed E-state index contributed by atoms with van der Waals surface area (Å²) in [5.74, 6) is 0.0266. The Balaban J connectivity index is 1.48. The van der Waals surface area contributed by atoms with E-state index in [-0.39, 0.29) is 5.91 Å². The van der Waals surface area contributed by atoms with E-state index in [1.54, 1.807) is 23.0 Å². The van der Waals surface area contributed by atoms with Gasteiger partial charge in [-0.15, -0.1) is 21.5 Å². The molecule has 1 fully saturated rings. The van der Waals surface area contributed by atoms with Crippen LogP contribution in [0.4, 0.5) is 5.82 Å². The van der Waals surface area contributed by atoms with Crippen LogP contribution in [-0.4, -0.2) is 31.3 Å². The first-order chi connectivity index (χ1) is 12.7. The molecule has 4 rings (SSSR count). The maximum Gasteiger partial charge on any atom is 0.276 e. The molecule has 2 aromatic heterocycles. The Kier molecular flexibility index (Phi) is 4.83. The minimum atomic E-state index is -1.23. The van der Waals surface area contributed by atoms with Crippen LogP contribution in [0.2, 0.25) is 0 Å². The topological polar surface area (TPSA) is 96.9 Å². The van der Waals surface area contributed by atoms with Crippen LogP contribution in [0.25, 0.3) is 11.3 Å². The van der Waals surface area contributed by atoms with E-state index < -0.39 is 11.0 Å². The summed E-state index contributed by atoms with van der Waals surface area (Å²) in [6.45, 7) is 0. The molecule has 3 aromatic rings. The third-order valence-electron chi connectivity index (χ3n) is 3.77. The number of benzene rings is 1. The fraction of sp³-hybridized carbons (Fsp3) is 0.176. The first-order valence-electron chi connectivity index (χ1n) is 8.01.